The molecule has 2 aliphatic rings. The zero-order valence-corrected chi connectivity index (χ0v) is 45.9. The van der Waals surface area contributed by atoms with Crippen LogP contribution in [0.1, 0.15) is 95.5 Å². The fourth-order valence-corrected chi connectivity index (χ4v) is 10.8. The molecule has 3 atom stereocenters. The summed E-state index contributed by atoms with van der Waals surface area (Å²) < 4.78 is 22.9. The normalized spacial score (nSPS) is 15.9. The van der Waals surface area contributed by atoms with Gasteiger partial charge in [0.2, 0.25) is 5.91 Å². The Morgan fingerprint density at radius 1 is 0.724 bits per heavy atom. The van der Waals surface area contributed by atoms with E-state index in [1.807, 2.05) is 72.8 Å². The quantitative estimate of drug-likeness (QED) is 0.0211. The Labute approximate surface area is 457 Å². The number of amides is 1. The second-order valence-corrected chi connectivity index (χ2v) is 21.0. The van der Waals surface area contributed by atoms with Gasteiger partial charge in [0.05, 0.1) is 26.4 Å². The molecule has 15 heteroatoms. The number of nitrogens with one attached hydrogen (secondary N) is 5. The molecular weight excluding hydrogens is 973 g/mol. The lowest BCUT2D eigenvalue weighted by molar-refractivity contribution is -0.121. The molecule has 5 N–H and O–H groups in total. The molecule has 4 aromatic rings. The van der Waals surface area contributed by atoms with Gasteiger partial charge < -0.3 is 50.4 Å². The molecule has 0 bridgehead atoms. The Kier molecular flexibility index (Phi) is 27.0. The Hall–Kier alpha value is -5.97. The fraction of sp³-hybridized carbons (Fsp3) is 0.475. The van der Waals surface area contributed by atoms with E-state index < -0.39 is 0 Å². The number of thioether (sulfide) groups is 1. The summed E-state index contributed by atoms with van der Waals surface area (Å²) in [4.78, 5) is 35.9. The van der Waals surface area contributed by atoms with Crippen molar-refractivity contribution in [3.63, 3.8) is 0 Å². The van der Waals surface area contributed by atoms with Gasteiger partial charge in [-0.2, -0.15) is 11.8 Å². The fourth-order valence-electron chi connectivity index (χ4n) is 9.13. The number of unbranched alkanes of at least 4 members (excludes halogenated alkanes) is 3. The molecule has 410 valence electrons. The maximum absolute atomic E-state index is 12.5. The molecule has 0 radical (unpaired) electrons. The molecule has 1 aromatic heterocycles. The van der Waals surface area contributed by atoms with Crippen LogP contribution >= 0.6 is 11.8 Å². The summed E-state index contributed by atoms with van der Waals surface area (Å²) in [6, 6.07) is 28.0. The zero-order valence-electron chi connectivity index (χ0n) is 45.0. The second kappa shape index (κ2) is 34.6. The molecule has 14 nitrogen and oxygen atoms in total. The monoisotopic (exact) mass is 1060 g/mol. The summed E-state index contributed by atoms with van der Waals surface area (Å²) in [6.45, 7) is 19.1. The summed E-state index contributed by atoms with van der Waals surface area (Å²) in [5, 5.41) is 17.3. The first-order chi connectivity index (χ1) is 37.2. The molecule has 0 saturated carbocycles. The van der Waals surface area contributed by atoms with E-state index in [0.29, 0.717) is 94.2 Å². The zero-order chi connectivity index (χ0) is 53.4. The number of ether oxygens (including phenoxy) is 4. The Morgan fingerprint density at radius 2 is 1.41 bits per heavy atom. The molecule has 0 unspecified atom stereocenters. The van der Waals surface area contributed by atoms with Gasteiger partial charge in [0.1, 0.15) is 35.2 Å². The summed E-state index contributed by atoms with van der Waals surface area (Å²) in [5.74, 6) is 5.26. The minimum absolute atomic E-state index is 0.137. The van der Waals surface area contributed by atoms with Gasteiger partial charge in [-0.3, -0.25) is 9.59 Å². The maximum atomic E-state index is 12.5. The Balaban J connectivity index is 0.680. The highest BCUT2D eigenvalue weighted by Crippen LogP contribution is 2.42. The molecule has 2 aliphatic heterocycles. The van der Waals surface area contributed by atoms with E-state index in [-0.39, 0.29) is 5.91 Å². The van der Waals surface area contributed by atoms with Crippen molar-refractivity contribution in [3.05, 3.63) is 140 Å². The number of hydrogen-bond acceptors (Lipinski definition) is 14. The molecule has 2 saturated heterocycles. The summed E-state index contributed by atoms with van der Waals surface area (Å²) in [5.41, 5.74) is 5.89. The van der Waals surface area contributed by atoms with Crippen LogP contribution in [0.3, 0.4) is 0 Å². The average molecular weight is 1060 g/mol. The van der Waals surface area contributed by atoms with E-state index in [9.17, 15) is 9.59 Å². The smallest absolute Gasteiger partial charge is 0.219 e. The van der Waals surface area contributed by atoms with Gasteiger partial charge in [-0.25, -0.2) is 9.97 Å². The van der Waals surface area contributed by atoms with E-state index in [1.54, 1.807) is 0 Å². The van der Waals surface area contributed by atoms with Crippen LogP contribution in [-0.2, 0) is 23.8 Å². The van der Waals surface area contributed by atoms with Gasteiger partial charge in [-0.05, 0) is 137 Å². The van der Waals surface area contributed by atoms with E-state index >= 15 is 0 Å². The van der Waals surface area contributed by atoms with Gasteiger partial charge in [0.15, 0.2) is 0 Å². The van der Waals surface area contributed by atoms with Crippen LogP contribution in [0.4, 0.5) is 23.0 Å². The molecular formula is C61H84N8O6S. The molecule has 0 spiro atoms. The average Bonchev–Trinajstić information content (AvgIpc) is 3.99. The van der Waals surface area contributed by atoms with Crippen molar-refractivity contribution < 1.29 is 28.5 Å². The minimum Gasteiger partial charge on any atom is -0.457 e. The Morgan fingerprint density at radius 3 is 2.17 bits per heavy atom. The lowest BCUT2D eigenvalue weighted by atomic mass is 9.94. The molecule has 1 amide bonds. The van der Waals surface area contributed by atoms with Crippen LogP contribution in [0.15, 0.2) is 135 Å². The number of likely N-dealkylation sites (N-methyl/N-ethyl adjacent to an activating group) is 1. The predicted molar refractivity (Wildman–Crippen MR) is 312 cm³/mol. The molecule has 0 aliphatic carbocycles. The van der Waals surface area contributed by atoms with E-state index in [1.165, 1.54) is 24.2 Å². The van der Waals surface area contributed by atoms with Gasteiger partial charge in [0, 0.05) is 98.0 Å². The van der Waals surface area contributed by atoms with Crippen LogP contribution in [0.2, 0.25) is 0 Å². The van der Waals surface area contributed by atoms with Crippen molar-refractivity contribution in [1.82, 2.24) is 30.8 Å². The maximum Gasteiger partial charge on any atom is 0.219 e. The van der Waals surface area contributed by atoms with Crippen molar-refractivity contribution in [2.75, 3.05) is 89.3 Å². The van der Waals surface area contributed by atoms with E-state index in [2.05, 4.69) is 104 Å². The highest BCUT2D eigenvalue weighted by molar-refractivity contribution is 8.00. The molecule has 6 rings (SSSR count). The van der Waals surface area contributed by atoms with Gasteiger partial charge >= 0.3 is 0 Å². The van der Waals surface area contributed by atoms with Crippen LogP contribution in [0.25, 0.3) is 5.57 Å². The second-order valence-electron chi connectivity index (χ2n) is 19.7. The highest BCUT2D eigenvalue weighted by Gasteiger charge is 2.40. The number of aromatic nitrogens is 2. The number of carbonyl (C=O) groups excluding carboxylic acids is 2. The largest absolute Gasteiger partial charge is 0.457 e. The van der Waals surface area contributed by atoms with Gasteiger partial charge in [-0.15, -0.1) is 0 Å². The van der Waals surface area contributed by atoms with E-state index in [4.69, 9.17) is 18.9 Å². The third-order valence-corrected chi connectivity index (χ3v) is 14.9. The first-order valence-electron chi connectivity index (χ1n) is 27.5. The Bertz CT molecular complexity index is 2400. The number of anilines is 4. The number of carbonyl (C=O) groups is 2. The number of Topliss-reactive ketones (excluding diaryl/α,β-unsaturated/α-hetero) is 1. The van der Waals surface area contributed by atoms with Crippen molar-refractivity contribution in [1.29, 1.82) is 0 Å². The summed E-state index contributed by atoms with van der Waals surface area (Å²) in [7, 11) is 2.12. The molecule has 3 aromatic carbocycles. The van der Waals surface area contributed by atoms with Gasteiger partial charge in [0.25, 0.3) is 0 Å². The van der Waals surface area contributed by atoms with Crippen molar-refractivity contribution in [2.45, 2.75) is 101 Å². The van der Waals surface area contributed by atoms with Crippen LogP contribution in [0.5, 0.6) is 11.5 Å². The third kappa shape index (κ3) is 23.5. The number of allylic oxidation sites excluding steroid dienone is 4. The number of nitrogens with zero attached hydrogens (tertiary/aromatic N) is 3. The van der Waals surface area contributed by atoms with Crippen molar-refractivity contribution in [2.24, 2.45) is 5.92 Å². The summed E-state index contributed by atoms with van der Waals surface area (Å²) in [6.07, 6.45) is 18.2. The lowest BCUT2D eigenvalue weighted by Crippen LogP contribution is -2.26. The number of benzene rings is 3. The van der Waals surface area contributed by atoms with E-state index in [0.717, 1.165) is 129 Å². The predicted octanol–water partition coefficient (Wildman–Crippen LogP) is 11.8. The molecule has 3 heterocycles. The number of para-hydroxylation sites is 1. The number of ketones is 1. The number of hydrogen-bond donors (Lipinski definition) is 5. The van der Waals surface area contributed by atoms with Crippen LogP contribution < -0.4 is 31.3 Å². The molecule has 2 fully saturated rings. The topological polar surface area (TPSA) is 160 Å². The first kappa shape index (κ1) is 59.3. The first-order valence-corrected chi connectivity index (χ1v) is 28.5. The van der Waals surface area contributed by atoms with Crippen LogP contribution in [-0.4, -0.2) is 116 Å². The SMILES string of the molecule is C=C(CCCC(=O)CCCCCN(C)C/C=C/C(=C)c1cccc(Nc2cc(Nc3ccc(Oc4ccccc4)cc3)ncn2)c1)NCCCOCCOCCOCCCNC(=O)CCCC[C@@H]1SC[C@@H]2NC(=C)C[C@@H]21. The van der Waals surface area contributed by atoms with Gasteiger partial charge in [-0.1, -0.05) is 75.1 Å². The highest BCUT2D eigenvalue weighted by atomic mass is 32.2. The number of rotatable bonds is 40. The van der Waals surface area contributed by atoms with Crippen molar-refractivity contribution >= 4 is 52.0 Å². The third-order valence-electron chi connectivity index (χ3n) is 13.3. The minimum atomic E-state index is 0.137. The van der Waals surface area contributed by atoms with Crippen LogP contribution in [0, 0.1) is 5.92 Å². The summed E-state index contributed by atoms with van der Waals surface area (Å²) >= 11 is 2.08. The standard InChI is InChI=1S/C61H84N8O6S/c1-47(50-20-14-21-52(43-50)68-60-44-59(64-46-65-60)67-51-28-30-55(31-29-51)75-54-24-8-5-9-25-54)18-15-35-69(4)34-12-6-7-22-53(70)23-13-19-48(2)62-32-16-36-72-38-40-74-41-39-73-37-17-33-63-61(71)27-11-10-26-58-56-42-49(3)66-57(56)45-76-58/h5,8-9,14-15,18,20-21,24-25,28-31,43-44,46,56-58,62,66H,1-3,6-7,10-13,16-17,19,22-23,26-27,32-42,45H2,4H3,(H,63,71)(H2,64,65,67,68)/b18-15+/t56-,57-,58-/m0/s1. The molecule has 76 heavy (non-hydrogen) atoms. The lowest BCUT2D eigenvalue weighted by Gasteiger charge is -2.16. The number of fused-ring (bicyclic) bond motifs is 1. The van der Waals surface area contributed by atoms with Crippen molar-refractivity contribution in [3.8, 4) is 11.5 Å².